The second kappa shape index (κ2) is 12.5. The number of hydrogen-bond acceptors (Lipinski definition) is 3. The van der Waals surface area contributed by atoms with Crippen molar-refractivity contribution in [3.63, 3.8) is 0 Å². The highest BCUT2D eigenvalue weighted by Gasteiger charge is 2.21. The molecule has 1 aliphatic rings. The van der Waals surface area contributed by atoms with Gasteiger partial charge in [0, 0.05) is 18.5 Å². The normalized spacial score (nSPS) is 22.1. The number of piperidine rings is 1. The maximum Gasteiger partial charge on any atom is 0.305 e. The molecule has 1 saturated heterocycles. The van der Waals surface area contributed by atoms with E-state index in [-0.39, 0.29) is 18.4 Å². The summed E-state index contributed by atoms with van der Waals surface area (Å²) >= 11 is 0. The summed E-state index contributed by atoms with van der Waals surface area (Å²) in [7, 11) is 0. The molecule has 2 atom stereocenters. The number of rotatable bonds is 9. The lowest BCUT2D eigenvalue weighted by atomic mass is 9.92. The topological polar surface area (TPSA) is 38.3 Å². The molecule has 0 aliphatic carbocycles. The van der Waals surface area contributed by atoms with Crippen molar-refractivity contribution in [2.75, 3.05) is 6.61 Å². The zero-order valence-corrected chi connectivity index (χ0v) is 14.0. The molecule has 120 valence electrons. The lowest BCUT2D eigenvalue weighted by molar-refractivity contribution is -0.143. The molecule has 1 rings (SSSR count). The van der Waals surface area contributed by atoms with Crippen molar-refractivity contribution >= 4 is 18.4 Å². The van der Waals surface area contributed by atoms with Gasteiger partial charge in [-0.15, -0.1) is 12.4 Å². The smallest absolute Gasteiger partial charge is 0.305 e. The Morgan fingerprint density at radius 3 is 2.45 bits per heavy atom. The molecule has 1 N–H and O–H groups in total. The van der Waals surface area contributed by atoms with E-state index in [2.05, 4.69) is 12.2 Å². The molecule has 4 heteroatoms. The lowest BCUT2D eigenvalue weighted by Gasteiger charge is -2.31. The second-order valence-electron chi connectivity index (χ2n) is 5.68. The zero-order valence-electron chi connectivity index (χ0n) is 13.2. The van der Waals surface area contributed by atoms with Crippen LogP contribution in [0.15, 0.2) is 0 Å². The van der Waals surface area contributed by atoms with Gasteiger partial charge in [0.2, 0.25) is 0 Å². The first-order valence-corrected chi connectivity index (χ1v) is 8.18. The highest BCUT2D eigenvalue weighted by Crippen LogP contribution is 2.20. The van der Waals surface area contributed by atoms with Crippen LogP contribution in [0, 0.1) is 0 Å². The van der Waals surface area contributed by atoms with Crippen molar-refractivity contribution in [2.45, 2.75) is 90.1 Å². The number of hydrogen-bond donors (Lipinski definition) is 1. The van der Waals surface area contributed by atoms with Gasteiger partial charge in [0.1, 0.15) is 0 Å². The van der Waals surface area contributed by atoms with Crippen LogP contribution in [0.1, 0.15) is 78.1 Å². The van der Waals surface area contributed by atoms with Crippen molar-refractivity contribution < 1.29 is 9.53 Å². The van der Waals surface area contributed by atoms with Gasteiger partial charge in [-0.3, -0.25) is 4.79 Å². The van der Waals surface area contributed by atoms with Gasteiger partial charge in [0.25, 0.3) is 0 Å². The fourth-order valence-electron chi connectivity index (χ4n) is 2.91. The van der Waals surface area contributed by atoms with Gasteiger partial charge < -0.3 is 10.1 Å². The highest BCUT2D eigenvalue weighted by molar-refractivity contribution is 5.85. The Balaban J connectivity index is 0.00000361. The predicted octanol–water partition coefficient (Wildman–Crippen LogP) is 4.23. The zero-order chi connectivity index (χ0) is 13.9. The first-order valence-electron chi connectivity index (χ1n) is 8.18. The van der Waals surface area contributed by atoms with Crippen molar-refractivity contribution in [2.24, 2.45) is 0 Å². The molecular weight excluding hydrogens is 274 g/mol. The number of carbonyl (C=O) groups excluding carboxylic acids is 1. The first kappa shape index (κ1) is 19.7. The number of unbranched alkanes of at least 4 members (excludes halogenated alkanes) is 3. The van der Waals surface area contributed by atoms with Crippen molar-refractivity contribution in [1.29, 1.82) is 0 Å². The minimum absolute atomic E-state index is 0. The van der Waals surface area contributed by atoms with Crippen LogP contribution >= 0.6 is 12.4 Å². The highest BCUT2D eigenvalue weighted by atomic mass is 35.5. The van der Waals surface area contributed by atoms with Gasteiger partial charge in [-0.05, 0) is 32.6 Å². The Kier molecular flexibility index (Phi) is 12.3. The molecule has 1 aliphatic heterocycles. The van der Waals surface area contributed by atoms with Crippen molar-refractivity contribution in [3.8, 4) is 0 Å². The summed E-state index contributed by atoms with van der Waals surface area (Å²) in [4.78, 5) is 11.4. The molecule has 3 nitrogen and oxygen atoms in total. The number of ether oxygens (including phenoxy) is 1. The summed E-state index contributed by atoms with van der Waals surface area (Å²) in [6.07, 6.45) is 12.0. The third-order valence-electron chi connectivity index (χ3n) is 3.98. The molecule has 0 aromatic heterocycles. The molecule has 0 aromatic rings. The van der Waals surface area contributed by atoms with Gasteiger partial charge in [0.05, 0.1) is 6.61 Å². The van der Waals surface area contributed by atoms with E-state index in [1.807, 2.05) is 6.92 Å². The first-order chi connectivity index (χ1) is 9.26. The SMILES string of the molecule is CCCCCC[C@@H]1CCC[C@@H](CCC(=O)OCC)N1.Cl. The van der Waals surface area contributed by atoms with E-state index in [0.29, 0.717) is 25.1 Å². The molecule has 0 aromatic carbocycles. The van der Waals surface area contributed by atoms with Crippen LogP contribution in [0.5, 0.6) is 0 Å². The van der Waals surface area contributed by atoms with Crippen LogP contribution in [0.3, 0.4) is 0 Å². The third kappa shape index (κ3) is 8.80. The van der Waals surface area contributed by atoms with E-state index in [4.69, 9.17) is 4.74 Å². The summed E-state index contributed by atoms with van der Waals surface area (Å²) in [5.41, 5.74) is 0. The van der Waals surface area contributed by atoms with Gasteiger partial charge in [-0.1, -0.05) is 39.0 Å². The average molecular weight is 306 g/mol. The van der Waals surface area contributed by atoms with E-state index in [1.54, 1.807) is 0 Å². The Labute approximate surface area is 130 Å². The average Bonchev–Trinajstić information content (AvgIpc) is 2.42. The Hall–Kier alpha value is -0.280. The Morgan fingerprint density at radius 2 is 1.80 bits per heavy atom. The number of esters is 1. The summed E-state index contributed by atoms with van der Waals surface area (Å²) in [5, 5.41) is 3.72. The minimum atomic E-state index is -0.0469. The summed E-state index contributed by atoms with van der Waals surface area (Å²) < 4.78 is 4.98. The fraction of sp³-hybridized carbons (Fsp3) is 0.938. The van der Waals surface area contributed by atoms with E-state index < -0.39 is 0 Å². The third-order valence-corrected chi connectivity index (χ3v) is 3.98. The van der Waals surface area contributed by atoms with Gasteiger partial charge in [0.15, 0.2) is 0 Å². The Morgan fingerprint density at radius 1 is 1.10 bits per heavy atom. The van der Waals surface area contributed by atoms with Gasteiger partial charge in [-0.25, -0.2) is 0 Å². The summed E-state index contributed by atoms with van der Waals surface area (Å²) in [5.74, 6) is -0.0469. The minimum Gasteiger partial charge on any atom is -0.466 e. The van der Waals surface area contributed by atoms with Crippen molar-refractivity contribution in [3.05, 3.63) is 0 Å². The molecule has 0 amide bonds. The van der Waals surface area contributed by atoms with Crippen LogP contribution in [-0.2, 0) is 9.53 Å². The predicted molar refractivity (Wildman–Crippen MR) is 86.4 cm³/mol. The maximum atomic E-state index is 11.4. The maximum absolute atomic E-state index is 11.4. The fourth-order valence-corrected chi connectivity index (χ4v) is 2.91. The molecule has 0 radical (unpaired) electrons. The van der Waals surface area contributed by atoms with E-state index in [1.165, 1.54) is 51.4 Å². The van der Waals surface area contributed by atoms with Crippen LogP contribution in [0.4, 0.5) is 0 Å². The molecule has 0 unspecified atom stereocenters. The molecule has 1 fully saturated rings. The van der Waals surface area contributed by atoms with E-state index in [0.717, 1.165) is 6.42 Å². The summed E-state index contributed by atoms with van der Waals surface area (Å²) in [6.45, 7) is 4.62. The monoisotopic (exact) mass is 305 g/mol. The molecule has 20 heavy (non-hydrogen) atoms. The van der Waals surface area contributed by atoms with E-state index in [9.17, 15) is 4.79 Å². The summed E-state index contributed by atoms with van der Waals surface area (Å²) in [6, 6.07) is 1.20. The largest absolute Gasteiger partial charge is 0.466 e. The standard InChI is InChI=1S/C16H31NO2.ClH/c1-3-5-6-7-9-14-10-8-11-15(17-14)12-13-16(18)19-4-2;/h14-15,17H,3-13H2,1-2H3;1H/t14-,15+;/m1./s1. The molecule has 0 saturated carbocycles. The quantitative estimate of drug-likeness (QED) is 0.511. The lowest BCUT2D eigenvalue weighted by Crippen LogP contribution is -2.42. The molecule has 0 spiro atoms. The van der Waals surface area contributed by atoms with Crippen LogP contribution in [-0.4, -0.2) is 24.7 Å². The number of carbonyl (C=O) groups is 1. The van der Waals surface area contributed by atoms with Crippen LogP contribution in [0.2, 0.25) is 0 Å². The van der Waals surface area contributed by atoms with Gasteiger partial charge in [-0.2, -0.15) is 0 Å². The number of halogens is 1. The Bertz CT molecular complexity index is 249. The number of nitrogens with one attached hydrogen (secondary N) is 1. The molecular formula is C16H32ClNO2. The van der Waals surface area contributed by atoms with Crippen LogP contribution < -0.4 is 5.32 Å². The molecule has 1 heterocycles. The van der Waals surface area contributed by atoms with Gasteiger partial charge >= 0.3 is 5.97 Å². The van der Waals surface area contributed by atoms with Crippen LogP contribution in [0.25, 0.3) is 0 Å². The van der Waals surface area contributed by atoms with Crippen molar-refractivity contribution in [1.82, 2.24) is 5.32 Å². The second-order valence-corrected chi connectivity index (χ2v) is 5.68. The van der Waals surface area contributed by atoms with E-state index >= 15 is 0 Å². The molecule has 0 bridgehead atoms.